The van der Waals surface area contributed by atoms with E-state index in [1.165, 1.54) is 12.1 Å². The summed E-state index contributed by atoms with van der Waals surface area (Å²) in [5.41, 5.74) is 1.47. The second kappa shape index (κ2) is 11.6. The lowest BCUT2D eigenvalue weighted by Gasteiger charge is -2.32. The number of ether oxygens (including phenoxy) is 2. The Morgan fingerprint density at radius 1 is 1.03 bits per heavy atom. The zero-order chi connectivity index (χ0) is 23.7. The van der Waals surface area contributed by atoms with Gasteiger partial charge in [0.15, 0.2) is 6.29 Å². The van der Waals surface area contributed by atoms with Crippen LogP contribution in [-0.4, -0.2) is 32.8 Å². The predicted molar refractivity (Wildman–Crippen MR) is 124 cm³/mol. The van der Waals surface area contributed by atoms with Crippen molar-refractivity contribution in [2.45, 2.75) is 69.1 Å². The fourth-order valence-corrected chi connectivity index (χ4v) is 5.16. The molecule has 0 bridgehead atoms. The molecule has 1 fully saturated rings. The summed E-state index contributed by atoms with van der Waals surface area (Å²) in [4.78, 5) is 18.0. The summed E-state index contributed by atoms with van der Waals surface area (Å²) in [6.07, 6.45) is 3.02. The van der Waals surface area contributed by atoms with E-state index in [2.05, 4.69) is 10.2 Å². The second-order valence-electron chi connectivity index (χ2n) is 8.10. The molecule has 1 unspecified atom stereocenters. The lowest BCUT2D eigenvalue weighted by Crippen LogP contribution is -2.50. The number of amides is 1. The largest absolute Gasteiger partial charge is 0.457 e. The fraction of sp³-hybridized carbons (Fsp3) is 0.458. The molecule has 180 valence electrons. The van der Waals surface area contributed by atoms with Crippen molar-refractivity contribution in [3.05, 3.63) is 54.6 Å². The Hall–Kier alpha value is -2.46. The topological polar surface area (TPSA) is 103 Å². The number of para-hydroxylation sites is 1. The molecule has 2 N–H and O–H groups in total. The smallest absolute Gasteiger partial charge is 0.245 e. The first-order chi connectivity index (χ1) is 15.9. The van der Waals surface area contributed by atoms with Gasteiger partial charge in [-0.1, -0.05) is 32.0 Å². The lowest BCUT2D eigenvalue weighted by molar-refractivity contribution is -0.201. The van der Waals surface area contributed by atoms with Crippen LogP contribution in [0.3, 0.4) is 0 Å². The number of carbonyl (C=O) groups excluding carboxylic acids is 1. The maximum Gasteiger partial charge on any atom is 0.245 e. The molecule has 0 radical (unpaired) electrons. The average molecular weight is 477 g/mol. The summed E-state index contributed by atoms with van der Waals surface area (Å²) >= 11 is 0. The Labute approximate surface area is 195 Å². The molecule has 1 saturated heterocycles. The average Bonchev–Trinajstić information content (AvgIpc) is 2.84. The van der Waals surface area contributed by atoms with Crippen LogP contribution in [0.1, 0.15) is 52.4 Å². The zero-order valence-electron chi connectivity index (χ0n) is 19.1. The Bertz CT molecular complexity index is 985. The molecular weight excluding hydrogens is 444 g/mol. The van der Waals surface area contributed by atoms with Gasteiger partial charge in [0.1, 0.15) is 11.5 Å². The second-order valence-corrected chi connectivity index (χ2v) is 9.78. The highest BCUT2D eigenvalue weighted by Crippen LogP contribution is 2.26. The SMILES string of the molecule is CCC(CC)(CC(=O)NOC1CCCCO1)NS(=O)(=O)c1ccc(Oc2ccccc2)cc1. The van der Waals surface area contributed by atoms with Crippen molar-refractivity contribution in [1.29, 1.82) is 0 Å². The number of hydrogen-bond donors (Lipinski definition) is 2. The van der Waals surface area contributed by atoms with E-state index < -0.39 is 27.8 Å². The third kappa shape index (κ3) is 7.26. The Morgan fingerprint density at radius 3 is 2.30 bits per heavy atom. The Balaban J connectivity index is 1.63. The number of rotatable bonds is 11. The molecule has 3 rings (SSSR count). The third-order valence-corrected chi connectivity index (χ3v) is 7.35. The van der Waals surface area contributed by atoms with Gasteiger partial charge in [-0.3, -0.25) is 4.79 Å². The van der Waals surface area contributed by atoms with Crippen molar-refractivity contribution in [3.63, 3.8) is 0 Å². The van der Waals surface area contributed by atoms with Crippen LogP contribution in [0.2, 0.25) is 0 Å². The van der Waals surface area contributed by atoms with Crippen LogP contribution in [0.25, 0.3) is 0 Å². The van der Waals surface area contributed by atoms with E-state index in [1.54, 1.807) is 12.1 Å². The van der Waals surface area contributed by atoms with Crippen LogP contribution in [0.5, 0.6) is 11.5 Å². The quantitative estimate of drug-likeness (QED) is 0.469. The molecule has 8 nitrogen and oxygen atoms in total. The van der Waals surface area contributed by atoms with Crippen LogP contribution >= 0.6 is 0 Å². The monoisotopic (exact) mass is 476 g/mol. The zero-order valence-corrected chi connectivity index (χ0v) is 19.9. The van der Waals surface area contributed by atoms with Gasteiger partial charge in [-0.15, -0.1) is 0 Å². The van der Waals surface area contributed by atoms with E-state index in [1.807, 2.05) is 44.2 Å². The molecule has 1 aliphatic rings. The molecule has 0 aliphatic carbocycles. The molecular formula is C24H32N2O6S. The molecule has 0 aromatic heterocycles. The maximum atomic E-state index is 13.1. The molecule has 2 aromatic rings. The van der Waals surface area contributed by atoms with Gasteiger partial charge in [-0.25, -0.2) is 23.5 Å². The number of sulfonamides is 1. The highest BCUT2D eigenvalue weighted by molar-refractivity contribution is 7.89. The number of hydrogen-bond acceptors (Lipinski definition) is 6. The van der Waals surface area contributed by atoms with Gasteiger partial charge in [0.2, 0.25) is 15.9 Å². The number of nitrogens with one attached hydrogen (secondary N) is 2. The maximum absolute atomic E-state index is 13.1. The summed E-state index contributed by atoms with van der Waals surface area (Å²) in [6, 6.07) is 15.4. The first-order valence-electron chi connectivity index (χ1n) is 11.3. The molecule has 33 heavy (non-hydrogen) atoms. The van der Waals surface area contributed by atoms with Crippen LogP contribution < -0.4 is 14.9 Å². The molecule has 1 amide bonds. The number of carbonyl (C=O) groups is 1. The summed E-state index contributed by atoms with van der Waals surface area (Å²) in [5.74, 6) is 0.787. The molecule has 2 aromatic carbocycles. The minimum absolute atomic E-state index is 0.0544. The highest BCUT2D eigenvalue weighted by atomic mass is 32.2. The van der Waals surface area contributed by atoms with Crippen molar-refractivity contribution in [2.24, 2.45) is 0 Å². The first-order valence-corrected chi connectivity index (χ1v) is 12.8. The van der Waals surface area contributed by atoms with Gasteiger partial charge in [-0.05, 0) is 62.1 Å². The van der Waals surface area contributed by atoms with E-state index in [4.69, 9.17) is 14.3 Å². The van der Waals surface area contributed by atoms with Crippen LogP contribution in [0.15, 0.2) is 59.5 Å². The van der Waals surface area contributed by atoms with Crippen molar-refractivity contribution >= 4 is 15.9 Å². The van der Waals surface area contributed by atoms with Gasteiger partial charge in [0, 0.05) is 25.0 Å². The molecule has 9 heteroatoms. The van der Waals surface area contributed by atoms with Gasteiger partial charge in [-0.2, -0.15) is 0 Å². The number of hydroxylamine groups is 1. The van der Waals surface area contributed by atoms with Crippen LogP contribution in [0.4, 0.5) is 0 Å². The normalized spacial score (nSPS) is 16.8. The van der Waals surface area contributed by atoms with E-state index in [-0.39, 0.29) is 11.3 Å². The predicted octanol–water partition coefficient (Wildman–Crippen LogP) is 4.28. The van der Waals surface area contributed by atoms with Crippen molar-refractivity contribution < 1.29 is 27.5 Å². The highest BCUT2D eigenvalue weighted by Gasteiger charge is 2.35. The van der Waals surface area contributed by atoms with Gasteiger partial charge >= 0.3 is 0 Å². The number of benzene rings is 2. The minimum Gasteiger partial charge on any atom is -0.457 e. The van der Waals surface area contributed by atoms with E-state index in [0.717, 1.165) is 12.8 Å². The molecule has 0 spiro atoms. The standard InChI is InChI=1S/C24H32N2O6S/c1-3-24(4-2,18-22(27)25-32-23-12-8-9-17-30-23)26-33(28,29)21-15-13-20(14-16-21)31-19-10-6-5-7-11-19/h5-7,10-11,13-16,23,26H,3-4,8-9,12,17-18H2,1-2H3,(H,25,27). The summed E-state index contributed by atoms with van der Waals surface area (Å²) in [6.45, 7) is 4.30. The lowest BCUT2D eigenvalue weighted by atomic mass is 9.90. The van der Waals surface area contributed by atoms with E-state index in [9.17, 15) is 13.2 Å². The first kappa shape index (κ1) is 25.2. The Kier molecular flexibility index (Phi) is 8.85. The van der Waals surface area contributed by atoms with Crippen LogP contribution in [0, 0.1) is 0 Å². The van der Waals surface area contributed by atoms with Crippen molar-refractivity contribution in [3.8, 4) is 11.5 Å². The van der Waals surface area contributed by atoms with Crippen LogP contribution in [-0.2, 0) is 24.4 Å². The summed E-state index contributed by atoms with van der Waals surface area (Å²) < 4.78 is 40.1. The van der Waals surface area contributed by atoms with Crippen molar-refractivity contribution in [1.82, 2.24) is 10.2 Å². The Morgan fingerprint density at radius 2 is 1.70 bits per heavy atom. The van der Waals surface area contributed by atoms with Gasteiger partial charge in [0.25, 0.3) is 0 Å². The summed E-state index contributed by atoms with van der Waals surface area (Å²) in [7, 11) is -3.86. The van der Waals surface area contributed by atoms with Gasteiger partial charge < -0.3 is 9.47 Å². The van der Waals surface area contributed by atoms with Crippen molar-refractivity contribution in [2.75, 3.05) is 6.61 Å². The fourth-order valence-electron chi connectivity index (χ4n) is 3.61. The molecule has 1 atom stereocenters. The summed E-state index contributed by atoms with van der Waals surface area (Å²) in [5, 5.41) is 0. The molecule has 1 aliphatic heterocycles. The molecule has 1 heterocycles. The molecule has 0 saturated carbocycles. The van der Waals surface area contributed by atoms with Gasteiger partial charge in [0.05, 0.1) is 4.90 Å². The van der Waals surface area contributed by atoms with E-state index >= 15 is 0 Å². The minimum atomic E-state index is -3.86. The van der Waals surface area contributed by atoms with E-state index in [0.29, 0.717) is 37.4 Å². The third-order valence-electron chi connectivity index (χ3n) is 5.76.